The lowest BCUT2D eigenvalue weighted by Gasteiger charge is -2.32. The second kappa shape index (κ2) is 8.36. The fourth-order valence-corrected chi connectivity index (χ4v) is 3.43. The van der Waals surface area contributed by atoms with E-state index in [-0.39, 0.29) is 5.91 Å². The number of anilines is 3. The smallest absolute Gasteiger partial charge is 0.261 e. The van der Waals surface area contributed by atoms with Crippen LogP contribution in [0.5, 0.6) is 5.75 Å². The molecule has 2 aliphatic rings. The topological polar surface area (TPSA) is 93.0 Å². The summed E-state index contributed by atoms with van der Waals surface area (Å²) < 4.78 is 12.7. The number of aliphatic imine (C=N–C) groups is 1. The second-order valence-corrected chi connectivity index (χ2v) is 6.59. The van der Waals surface area contributed by atoms with Crippen LogP contribution in [0.3, 0.4) is 0 Å². The quantitative estimate of drug-likeness (QED) is 0.755. The van der Waals surface area contributed by atoms with Gasteiger partial charge in [0.1, 0.15) is 17.9 Å². The zero-order valence-corrected chi connectivity index (χ0v) is 16.4. The van der Waals surface area contributed by atoms with Gasteiger partial charge in [0.05, 0.1) is 36.5 Å². The molecule has 2 aliphatic heterocycles. The van der Waals surface area contributed by atoms with Gasteiger partial charge in [0.2, 0.25) is 0 Å². The molecule has 1 fully saturated rings. The van der Waals surface area contributed by atoms with Crippen LogP contribution < -0.4 is 20.3 Å². The van der Waals surface area contributed by atoms with Gasteiger partial charge in [-0.2, -0.15) is 5.10 Å². The number of fused-ring (bicyclic) bond motifs is 1. The van der Waals surface area contributed by atoms with Crippen LogP contribution in [0.4, 0.5) is 22.9 Å². The molecule has 2 N–H and O–H groups in total. The Labute approximate surface area is 169 Å². The predicted octanol–water partition coefficient (Wildman–Crippen LogP) is 2.60. The molecular formula is C20H24N6O3. The molecule has 152 valence electrons. The molecule has 0 unspecified atom stereocenters. The van der Waals surface area contributed by atoms with E-state index in [1.807, 2.05) is 12.1 Å². The van der Waals surface area contributed by atoms with Crippen LogP contribution in [-0.2, 0) is 4.74 Å². The number of aromatic nitrogens is 2. The molecule has 0 bridgehead atoms. The molecule has 1 aromatic heterocycles. The first kappa shape index (κ1) is 19.0. The Morgan fingerprint density at radius 2 is 2.17 bits per heavy atom. The maximum atomic E-state index is 13.1. The molecule has 0 saturated carbocycles. The fourth-order valence-electron chi connectivity index (χ4n) is 3.43. The highest BCUT2D eigenvalue weighted by Gasteiger charge is 2.23. The summed E-state index contributed by atoms with van der Waals surface area (Å²) in [5.41, 5.74) is 2.84. The monoisotopic (exact) mass is 396 g/mol. The Morgan fingerprint density at radius 1 is 1.34 bits per heavy atom. The Kier molecular flexibility index (Phi) is 5.48. The molecule has 0 aliphatic carbocycles. The zero-order valence-electron chi connectivity index (χ0n) is 16.4. The minimum absolute atomic E-state index is 0.287. The van der Waals surface area contributed by atoms with Crippen molar-refractivity contribution in [3.05, 3.63) is 30.5 Å². The van der Waals surface area contributed by atoms with E-state index < -0.39 is 0 Å². The number of hydrogen-bond acceptors (Lipinski definition) is 7. The summed E-state index contributed by atoms with van der Waals surface area (Å²) in [6, 6.07) is 3.89. The lowest BCUT2D eigenvalue weighted by molar-refractivity contribution is 0.102. The SMILES string of the molecule is C=Cn1ncc(C(=O)Nc2cc3c(cc2N2CCOCC2)OCCN3)c1/N=C\C. The minimum atomic E-state index is -0.287. The highest BCUT2D eigenvalue weighted by atomic mass is 16.5. The zero-order chi connectivity index (χ0) is 20.2. The van der Waals surface area contributed by atoms with Crippen LogP contribution in [0.15, 0.2) is 29.9 Å². The van der Waals surface area contributed by atoms with Gasteiger partial charge in [-0.1, -0.05) is 6.58 Å². The van der Waals surface area contributed by atoms with Gasteiger partial charge in [0, 0.05) is 38.1 Å². The van der Waals surface area contributed by atoms with Crippen LogP contribution in [-0.4, -0.2) is 61.4 Å². The van der Waals surface area contributed by atoms with Gasteiger partial charge in [-0.25, -0.2) is 9.67 Å². The number of benzene rings is 1. The molecule has 1 aromatic carbocycles. The Hall–Kier alpha value is -3.33. The van der Waals surface area contributed by atoms with Crippen molar-refractivity contribution in [2.45, 2.75) is 6.92 Å². The molecule has 3 heterocycles. The molecule has 9 heteroatoms. The van der Waals surface area contributed by atoms with Crippen molar-refractivity contribution in [1.29, 1.82) is 0 Å². The normalized spacial score (nSPS) is 16.1. The summed E-state index contributed by atoms with van der Waals surface area (Å²) in [5, 5.41) is 10.5. The minimum Gasteiger partial charge on any atom is -0.490 e. The predicted molar refractivity (Wildman–Crippen MR) is 114 cm³/mol. The number of hydrogen-bond donors (Lipinski definition) is 2. The first-order valence-corrected chi connectivity index (χ1v) is 9.58. The lowest BCUT2D eigenvalue weighted by atomic mass is 10.1. The van der Waals surface area contributed by atoms with Crippen LogP contribution in [0.1, 0.15) is 17.3 Å². The van der Waals surface area contributed by atoms with Gasteiger partial charge in [-0.15, -0.1) is 0 Å². The Morgan fingerprint density at radius 3 is 2.93 bits per heavy atom. The summed E-state index contributed by atoms with van der Waals surface area (Å²) in [4.78, 5) is 19.5. The molecular weight excluding hydrogens is 372 g/mol. The van der Waals surface area contributed by atoms with E-state index in [0.717, 1.165) is 36.8 Å². The maximum absolute atomic E-state index is 13.1. The van der Waals surface area contributed by atoms with Gasteiger partial charge >= 0.3 is 0 Å². The van der Waals surface area contributed by atoms with Crippen LogP contribution >= 0.6 is 0 Å². The standard InChI is InChI=1S/C20H24N6O3/c1-3-21-19-14(13-23-26(19)4-2)20(27)24-15-11-16-18(29-8-5-22-16)12-17(15)25-6-9-28-10-7-25/h3-4,11-13,22H,2,5-10H2,1H3,(H,24,27)/b21-3-. The lowest BCUT2D eigenvalue weighted by Crippen LogP contribution is -2.37. The molecule has 0 atom stereocenters. The van der Waals surface area contributed by atoms with E-state index in [1.54, 1.807) is 13.1 Å². The Balaban J connectivity index is 1.69. The summed E-state index contributed by atoms with van der Waals surface area (Å²) in [5.74, 6) is 0.934. The molecule has 4 rings (SSSR count). The number of carbonyl (C=O) groups excluding carboxylic acids is 1. The number of nitrogens with one attached hydrogen (secondary N) is 2. The number of carbonyl (C=O) groups is 1. The molecule has 1 saturated heterocycles. The highest BCUT2D eigenvalue weighted by Crippen LogP contribution is 2.39. The largest absolute Gasteiger partial charge is 0.490 e. The van der Waals surface area contributed by atoms with Gasteiger partial charge in [-0.3, -0.25) is 4.79 Å². The van der Waals surface area contributed by atoms with Crippen molar-refractivity contribution in [3.63, 3.8) is 0 Å². The molecule has 1 amide bonds. The number of amides is 1. The number of nitrogens with zero attached hydrogens (tertiary/aromatic N) is 4. The second-order valence-electron chi connectivity index (χ2n) is 6.59. The highest BCUT2D eigenvalue weighted by molar-refractivity contribution is 6.09. The average molecular weight is 396 g/mol. The first-order chi connectivity index (χ1) is 14.2. The summed E-state index contributed by atoms with van der Waals surface area (Å²) in [6.45, 7) is 9.60. The summed E-state index contributed by atoms with van der Waals surface area (Å²) in [6.07, 6.45) is 4.62. The van der Waals surface area contributed by atoms with E-state index in [1.165, 1.54) is 17.1 Å². The Bertz CT molecular complexity index is 946. The van der Waals surface area contributed by atoms with Crippen molar-refractivity contribution in [1.82, 2.24) is 9.78 Å². The van der Waals surface area contributed by atoms with Gasteiger partial charge in [0.25, 0.3) is 5.91 Å². The third kappa shape index (κ3) is 3.81. The summed E-state index contributed by atoms with van der Waals surface area (Å²) in [7, 11) is 0. The fraction of sp³-hybridized carbons (Fsp3) is 0.350. The molecule has 0 spiro atoms. The maximum Gasteiger partial charge on any atom is 0.261 e. The van der Waals surface area contributed by atoms with E-state index in [9.17, 15) is 4.79 Å². The van der Waals surface area contributed by atoms with E-state index in [4.69, 9.17) is 9.47 Å². The summed E-state index contributed by atoms with van der Waals surface area (Å²) >= 11 is 0. The van der Waals surface area contributed by atoms with Crippen LogP contribution in [0, 0.1) is 0 Å². The third-order valence-corrected chi connectivity index (χ3v) is 4.81. The van der Waals surface area contributed by atoms with Crippen LogP contribution in [0.2, 0.25) is 0 Å². The number of morpholine rings is 1. The third-order valence-electron chi connectivity index (χ3n) is 4.81. The number of ether oxygens (including phenoxy) is 2. The van der Waals surface area contributed by atoms with Crippen molar-refractivity contribution in [2.75, 3.05) is 55.0 Å². The van der Waals surface area contributed by atoms with Crippen molar-refractivity contribution < 1.29 is 14.3 Å². The van der Waals surface area contributed by atoms with Crippen molar-refractivity contribution >= 4 is 41.2 Å². The van der Waals surface area contributed by atoms with Crippen molar-refractivity contribution in [3.8, 4) is 5.75 Å². The van der Waals surface area contributed by atoms with Crippen molar-refractivity contribution in [2.24, 2.45) is 4.99 Å². The average Bonchev–Trinajstić information content (AvgIpc) is 3.17. The van der Waals surface area contributed by atoms with E-state index >= 15 is 0 Å². The molecule has 9 nitrogen and oxygen atoms in total. The number of rotatable bonds is 5. The van der Waals surface area contributed by atoms with E-state index in [2.05, 4.69) is 32.2 Å². The van der Waals surface area contributed by atoms with Gasteiger partial charge in [0.15, 0.2) is 5.82 Å². The molecule has 2 aromatic rings. The first-order valence-electron chi connectivity index (χ1n) is 9.58. The van der Waals surface area contributed by atoms with E-state index in [0.29, 0.717) is 36.9 Å². The van der Waals surface area contributed by atoms with Gasteiger partial charge < -0.3 is 25.0 Å². The molecule has 29 heavy (non-hydrogen) atoms. The van der Waals surface area contributed by atoms with Crippen LogP contribution in [0.25, 0.3) is 6.20 Å². The van der Waals surface area contributed by atoms with Gasteiger partial charge in [-0.05, 0) is 13.0 Å². The molecule has 0 radical (unpaired) electrons.